The number of carbonyl (C=O) groups excluding carboxylic acids is 2. The Labute approximate surface area is 121 Å². The third kappa shape index (κ3) is 3.60. The molecule has 20 heavy (non-hydrogen) atoms. The Kier molecular flexibility index (Phi) is 5.74. The van der Waals surface area contributed by atoms with Gasteiger partial charge in [-0.1, -0.05) is 26.0 Å². The maximum Gasteiger partial charge on any atom is 0.248 e. The van der Waals surface area contributed by atoms with Crippen molar-refractivity contribution in [3.8, 4) is 0 Å². The second-order valence-corrected chi connectivity index (χ2v) is 5.61. The topological polar surface area (TPSA) is 58.6 Å². The van der Waals surface area contributed by atoms with Crippen LogP contribution in [0.25, 0.3) is 0 Å². The fraction of sp³-hybridized carbons (Fsp3) is 0.733. The van der Waals surface area contributed by atoms with Crippen LogP contribution in [0.1, 0.15) is 40.5 Å². The minimum absolute atomic E-state index is 0.0228. The van der Waals surface area contributed by atoms with Gasteiger partial charge < -0.3 is 15.0 Å². The molecule has 2 unspecified atom stereocenters. The minimum atomic E-state index is -0.795. The normalized spacial score (nSPS) is 26.6. The van der Waals surface area contributed by atoms with Crippen molar-refractivity contribution in [3.63, 3.8) is 0 Å². The predicted octanol–water partition coefficient (Wildman–Crippen LogP) is 1.48. The van der Waals surface area contributed by atoms with E-state index in [1.807, 2.05) is 20.8 Å². The van der Waals surface area contributed by atoms with E-state index in [4.69, 9.17) is 4.74 Å². The Morgan fingerprint density at radius 1 is 1.45 bits per heavy atom. The van der Waals surface area contributed by atoms with Gasteiger partial charge in [0.15, 0.2) is 0 Å². The Bertz CT molecular complexity index is 395. The molecule has 0 aromatic heterocycles. The van der Waals surface area contributed by atoms with Crippen molar-refractivity contribution in [1.82, 2.24) is 10.2 Å². The molecule has 0 saturated carbocycles. The number of piperazine rings is 1. The van der Waals surface area contributed by atoms with E-state index in [0.717, 1.165) is 5.57 Å². The molecule has 0 radical (unpaired) electrons. The zero-order chi connectivity index (χ0) is 15.3. The molecule has 0 aromatic carbocycles. The van der Waals surface area contributed by atoms with E-state index >= 15 is 0 Å². The first-order valence-corrected chi connectivity index (χ1v) is 7.21. The van der Waals surface area contributed by atoms with Gasteiger partial charge in [-0.15, -0.1) is 0 Å². The number of nitrogens with zero attached hydrogens (tertiary/aromatic N) is 1. The van der Waals surface area contributed by atoms with Crippen LogP contribution in [0.2, 0.25) is 0 Å². The molecule has 5 nitrogen and oxygen atoms in total. The lowest BCUT2D eigenvalue weighted by atomic mass is 9.91. The number of amides is 2. The summed E-state index contributed by atoms with van der Waals surface area (Å²) in [4.78, 5) is 26.3. The van der Waals surface area contributed by atoms with Crippen LogP contribution in [0.5, 0.6) is 0 Å². The van der Waals surface area contributed by atoms with Gasteiger partial charge in [0.05, 0.1) is 13.2 Å². The number of nitrogens with one attached hydrogen (secondary N) is 1. The van der Waals surface area contributed by atoms with Crippen molar-refractivity contribution in [2.24, 2.45) is 0 Å². The molecule has 1 saturated heterocycles. The van der Waals surface area contributed by atoms with Gasteiger partial charge in [0.2, 0.25) is 11.8 Å². The van der Waals surface area contributed by atoms with Gasteiger partial charge >= 0.3 is 0 Å². The van der Waals surface area contributed by atoms with Crippen LogP contribution in [0.3, 0.4) is 0 Å². The van der Waals surface area contributed by atoms with Crippen molar-refractivity contribution in [1.29, 1.82) is 0 Å². The summed E-state index contributed by atoms with van der Waals surface area (Å²) >= 11 is 0. The average Bonchev–Trinajstić information content (AvgIpc) is 2.39. The molecule has 1 fully saturated rings. The Hall–Kier alpha value is -1.36. The van der Waals surface area contributed by atoms with Crippen LogP contribution < -0.4 is 5.32 Å². The SMILES string of the molecule is C=C(C)COCCN1C(=O)C(C)(CC)NC(=O)C1CC. The molecule has 1 N–H and O–H groups in total. The standard InChI is InChI=1S/C15H26N2O3/c1-6-12-13(18)16-15(5,7-2)14(19)17(12)8-9-20-10-11(3)4/h12H,3,6-10H2,1-2,4-5H3,(H,16,18). The molecule has 0 bridgehead atoms. The molecule has 0 aromatic rings. The molecule has 5 heteroatoms. The molecular formula is C15H26N2O3. The lowest BCUT2D eigenvalue weighted by Gasteiger charge is -2.43. The molecule has 2 atom stereocenters. The summed E-state index contributed by atoms with van der Waals surface area (Å²) in [6, 6.07) is -0.393. The van der Waals surface area contributed by atoms with Gasteiger partial charge in [-0.25, -0.2) is 0 Å². The molecule has 1 aliphatic heterocycles. The zero-order valence-corrected chi connectivity index (χ0v) is 13.0. The molecule has 1 rings (SSSR count). The number of ether oxygens (including phenoxy) is 1. The monoisotopic (exact) mass is 282 g/mol. The third-order valence-corrected chi connectivity index (χ3v) is 3.73. The number of rotatable bonds is 7. The summed E-state index contributed by atoms with van der Waals surface area (Å²) in [6.07, 6.45) is 1.19. The molecule has 1 aliphatic rings. The van der Waals surface area contributed by atoms with Crippen LogP contribution in [0.15, 0.2) is 12.2 Å². The second-order valence-electron chi connectivity index (χ2n) is 5.61. The summed E-state index contributed by atoms with van der Waals surface area (Å²) in [7, 11) is 0. The smallest absolute Gasteiger partial charge is 0.248 e. The van der Waals surface area contributed by atoms with Gasteiger partial charge in [-0.05, 0) is 26.7 Å². The zero-order valence-electron chi connectivity index (χ0n) is 13.0. The van der Waals surface area contributed by atoms with Crippen molar-refractivity contribution < 1.29 is 14.3 Å². The van der Waals surface area contributed by atoms with E-state index in [2.05, 4.69) is 11.9 Å². The van der Waals surface area contributed by atoms with Crippen LogP contribution in [-0.2, 0) is 14.3 Å². The molecule has 114 valence electrons. The van der Waals surface area contributed by atoms with Crippen LogP contribution >= 0.6 is 0 Å². The fourth-order valence-electron chi connectivity index (χ4n) is 2.32. The fourth-order valence-corrected chi connectivity index (χ4v) is 2.32. The molecule has 0 aliphatic carbocycles. The molecule has 2 amide bonds. The van der Waals surface area contributed by atoms with Crippen LogP contribution in [0, 0.1) is 0 Å². The van der Waals surface area contributed by atoms with Crippen molar-refractivity contribution in [2.45, 2.75) is 52.1 Å². The summed E-state index contributed by atoms with van der Waals surface area (Å²) in [5.74, 6) is -0.0956. The highest BCUT2D eigenvalue weighted by Gasteiger charge is 2.45. The molecule has 1 heterocycles. The van der Waals surface area contributed by atoms with Crippen molar-refractivity contribution in [3.05, 3.63) is 12.2 Å². The summed E-state index contributed by atoms with van der Waals surface area (Å²) in [5, 5.41) is 2.85. The maximum absolute atomic E-state index is 12.6. The van der Waals surface area contributed by atoms with Crippen LogP contribution in [-0.4, -0.2) is 48.1 Å². The quantitative estimate of drug-likeness (QED) is 0.568. The molecule has 0 spiro atoms. The Morgan fingerprint density at radius 3 is 2.60 bits per heavy atom. The van der Waals surface area contributed by atoms with Crippen LogP contribution in [0.4, 0.5) is 0 Å². The number of carbonyl (C=O) groups is 2. The lowest BCUT2D eigenvalue weighted by molar-refractivity contribution is -0.155. The highest BCUT2D eigenvalue weighted by Crippen LogP contribution is 2.22. The summed E-state index contributed by atoms with van der Waals surface area (Å²) in [5.41, 5.74) is 0.148. The van der Waals surface area contributed by atoms with E-state index < -0.39 is 11.6 Å². The van der Waals surface area contributed by atoms with Gasteiger partial charge in [0, 0.05) is 6.54 Å². The van der Waals surface area contributed by atoms with E-state index in [9.17, 15) is 9.59 Å². The summed E-state index contributed by atoms with van der Waals surface area (Å²) in [6.45, 7) is 12.6. The minimum Gasteiger partial charge on any atom is -0.375 e. The second kappa shape index (κ2) is 6.88. The number of hydrogen-bond donors (Lipinski definition) is 1. The highest BCUT2D eigenvalue weighted by molar-refractivity contribution is 5.99. The first-order chi connectivity index (χ1) is 9.35. The van der Waals surface area contributed by atoms with E-state index in [1.54, 1.807) is 11.8 Å². The first kappa shape index (κ1) is 16.7. The molecular weight excluding hydrogens is 256 g/mol. The van der Waals surface area contributed by atoms with E-state index in [-0.39, 0.29) is 11.8 Å². The van der Waals surface area contributed by atoms with Gasteiger partial charge in [-0.3, -0.25) is 9.59 Å². The van der Waals surface area contributed by atoms with E-state index in [1.165, 1.54) is 0 Å². The predicted molar refractivity (Wildman–Crippen MR) is 78.3 cm³/mol. The summed E-state index contributed by atoms with van der Waals surface area (Å²) < 4.78 is 5.45. The highest BCUT2D eigenvalue weighted by atomic mass is 16.5. The third-order valence-electron chi connectivity index (χ3n) is 3.73. The average molecular weight is 282 g/mol. The van der Waals surface area contributed by atoms with Crippen molar-refractivity contribution in [2.75, 3.05) is 19.8 Å². The van der Waals surface area contributed by atoms with Gasteiger partial charge in [-0.2, -0.15) is 0 Å². The van der Waals surface area contributed by atoms with Gasteiger partial charge in [0.1, 0.15) is 11.6 Å². The number of hydrogen-bond acceptors (Lipinski definition) is 3. The maximum atomic E-state index is 12.6. The first-order valence-electron chi connectivity index (χ1n) is 7.21. The Morgan fingerprint density at radius 2 is 2.10 bits per heavy atom. The lowest BCUT2D eigenvalue weighted by Crippen LogP contribution is -2.69. The van der Waals surface area contributed by atoms with Crippen molar-refractivity contribution >= 4 is 11.8 Å². The Balaban J connectivity index is 2.73. The van der Waals surface area contributed by atoms with E-state index in [0.29, 0.717) is 32.6 Å². The van der Waals surface area contributed by atoms with Gasteiger partial charge in [0.25, 0.3) is 0 Å². The largest absolute Gasteiger partial charge is 0.375 e.